The van der Waals surface area contributed by atoms with E-state index in [1.54, 1.807) is 11.7 Å². The molecule has 0 radical (unpaired) electrons. The van der Waals surface area contributed by atoms with Gasteiger partial charge in [0.05, 0.1) is 23.9 Å². The third-order valence-corrected chi connectivity index (χ3v) is 8.68. The number of Topliss-reactive ketones (excluding diaryl/α,β-unsaturated/α-hetero) is 2. The van der Waals surface area contributed by atoms with Crippen molar-refractivity contribution in [2.24, 2.45) is 7.05 Å². The van der Waals surface area contributed by atoms with Crippen LogP contribution in [0.15, 0.2) is 35.1 Å². The van der Waals surface area contributed by atoms with E-state index in [1.165, 1.54) is 4.90 Å². The highest BCUT2D eigenvalue weighted by Gasteiger charge is 2.35. The van der Waals surface area contributed by atoms with Gasteiger partial charge in [-0.1, -0.05) is 11.6 Å². The molecular formula is C31H41F3N4O2. The molecule has 2 aromatic rings. The van der Waals surface area contributed by atoms with Gasteiger partial charge in [-0.05, 0) is 89.6 Å². The second-order valence-electron chi connectivity index (χ2n) is 11.6. The van der Waals surface area contributed by atoms with Crippen molar-refractivity contribution in [2.75, 3.05) is 25.0 Å². The number of ketones is 2. The number of hydrogen-bond acceptors (Lipinski definition) is 5. The first kappa shape index (κ1) is 30.0. The van der Waals surface area contributed by atoms with Crippen LogP contribution in [0.1, 0.15) is 81.6 Å². The Hall–Kier alpha value is -2.94. The van der Waals surface area contributed by atoms with Gasteiger partial charge in [0.2, 0.25) is 0 Å². The van der Waals surface area contributed by atoms with E-state index in [9.17, 15) is 22.8 Å². The van der Waals surface area contributed by atoms with Gasteiger partial charge in [-0.3, -0.25) is 19.2 Å². The predicted molar refractivity (Wildman–Crippen MR) is 153 cm³/mol. The second-order valence-corrected chi connectivity index (χ2v) is 11.6. The lowest BCUT2D eigenvalue weighted by Gasteiger charge is -2.41. The quantitative estimate of drug-likeness (QED) is 0.320. The van der Waals surface area contributed by atoms with E-state index in [2.05, 4.69) is 16.9 Å². The summed E-state index contributed by atoms with van der Waals surface area (Å²) in [5.74, 6) is 0.0909. The van der Waals surface area contributed by atoms with Gasteiger partial charge >= 0.3 is 6.18 Å². The maximum absolute atomic E-state index is 13.6. The van der Waals surface area contributed by atoms with Crippen LogP contribution in [0.2, 0.25) is 0 Å². The van der Waals surface area contributed by atoms with Crippen molar-refractivity contribution in [2.45, 2.75) is 90.9 Å². The van der Waals surface area contributed by atoms with Crippen LogP contribution in [0, 0.1) is 6.92 Å². The number of aryl methyl sites for hydroxylation is 1. The van der Waals surface area contributed by atoms with Crippen LogP contribution in [0.3, 0.4) is 0 Å². The van der Waals surface area contributed by atoms with Gasteiger partial charge in [0.15, 0.2) is 11.6 Å². The molecule has 6 nitrogen and oxygen atoms in total. The molecule has 2 aliphatic carbocycles. The van der Waals surface area contributed by atoms with Crippen LogP contribution in [-0.2, 0) is 11.8 Å². The number of fused-ring (bicyclic) bond motifs is 1. The van der Waals surface area contributed by atoms with Gasteiger partial charge in [-0.25, -0.2) is 0 Å². The van der Waals surface area contributed by atoms with E-state index in [1.807, 2.05) is 46.2 Å². The first-order valence-electron chi connectivity index (χ1n) is 14.2. The number of benzene rings is 1. The Morgan fingerprint density at radius 1 is 1.12 bits per heavy atom. The molecule has 1 saturated carbocycles. The number of aromatic nitrogens is 2. The molecule has 0 bridgehead atoms. The molecule has 2 aliphatic rings. The minimum atomic E-state index is -4.20. The minimum Gasteiger partial charge on any atom is -0.368 e. The number of anilines is 1. The average molecular weight is 559 g/mol. The van der Waals surface area contributed by atoms with Crippen LogP contribution >= 0.6 is 0 Å². The molecule has 0 atom stereocenters. The number of hydrogen-bond donors (Lipinski definition) is 0. The molecule has 1 aromatic heterocycles. The van der Waals surface area contributed by atoms with Crippen LogP contribution in [0.25, 0.3) is 10.9 Å². The summed E-state index contributed by atoms with van der Waals surface area (Å²) in [7, 11) is 3.42. The summed E-state index contributed by atoms with van der Waals surface area (Å²) < 4.78 is 40.6. The summed E-state index contributed by atoms with van der Waals surface area (Å²) >= 11 is 0. The Kier molecular flexibility index (Phi) is 8.93. The standard InChI is InChI=1S/C31H41F3N4O2/c1-7-38(23-10-8-22(9-11-23)36(5)18-31(32,33)34)30-21(4)25(16-27-26(30)17-35-37(27)6)28(39)13-12-24-20(3)14-19(2)15-29(24)40/h14,16-17,22-23H,7-13,15,18H2,1-6H3. The lowest BCUT2D eigenvalue weighted by molar-refractivity contribution is -0.148. The zero-order valence-electron chi connectivity index (χ0n) is 24.5. The maximum Gasteiger partial charge on any atom is 0.401 e. The topological polar surface area (TPSA) is 58.4 Å². The molecule has 0 spiro atoms. The van der Waals surface area contributed by atoms with Gasteiger partial charge in [-0.2, -0.15) is 18.3 Å². The Labute approximate surface area is 234 Å². The van der Waals surface area contributed by atoms with Crippen molar-refractivity contribution in [3.8, 4) is 0 Å². The predicted octanol–water partition coefficient (Wildman–Crippen LogP) is 6.71. The lowest BCUT2D eigenvalue weighted by atomic mass is 9.87. The fourth-order valence-electron chi connectivity index (χ4n) is 6.65. The SMILES string of the molecule is CCN(c1c(C)c(C(=O)CCC2=C(C)C=C(C)CC2=O)cc2c1cnn2C)C1CCC(N(C)CC(F)(F)F)CC1. The van der Waals surface area contributed by atoms with E-state index in [4.69, 9.17) is 0 Å². The molecule has 1 aromatic carbocycles. The maximum atomic E-state index is 13.6. The van der Waals surface area contributed by atoms with Crippen molar-refractivity contribution in [3.05, 3.63) is 46.2 Å². The molecule has 9 heteroatoms. The zero-order chi connectivity index (χ0) is 29.4. The van der Waals surface area contributed by atoms with Crippen molar-refractivity contribution in [1.82, 2.24) is 14.7 Å². The molecular weight excluding hydrogens is 517 g/mol. The summed E-state index contributed by atoms with van der Waals surface area (Å²) in [4.78, 5) is 30.0. The van der Waals surface area contributed by atoms with E-state index in [0.717, 1.165) is 51.7 Å². The van der Waals surface area contributed by atoms with Crippen LogP contribution < -0.4 is 4.90 Å². The van der Waals surface area contributed by atoms with Crippen molar-refractivity contribution >= 4 is 28.2 Å². The summed E-state index contributed by atoms with van der Waals surface area (Å²) in [6, 6.07) is 1.98. The average Bonchev–Trinajstić information content (AvgIpc) is 3.24. The minimum absolute atomic E-state index is 0.00485. The third-order valence-electron chi connectivity index (χ3n) is 8.68. The Bertz CT molecular complexity index is 1350. The van der Waals surface area contributed by atoms with Gasteiger partial charge in [0, 0.05) is 49.5 Å². The molecule has 0 N–H and O–H groups in total. The van der Waals surface area contributed by atoms with Gasteiger partial charge in [0.1, 0.15) is 0 Å². The first-order chi connectivity index (χ1) is 18.8. The first-order valence-corrected chi connectivity index (χ1v) is 14.2. The molecule has 1 heterocycles. The molecule has 40 heavy (non-hydrogen) atoms. The summed E-state index contributed by atoms with van der Waals surface area (Å²) in [5, 5.41) is 5.45. The van der Waals surface area contributed by atoms with Gasteiger partial charge in [-0.15, -0.1) is 0 Å². The fraction of sp³-hybridized carbons (Fsp3) is 0.581. The summed E-state index contributed by atoms with van der Waals surface area (Å²) in [5.41, 5.74) is 6.09. The van der Waals surface area contributed by atoms with E-state index in [-0.39, 0.29) is 30.1 Å². The second kappa shape index (κ2) is 11.9. The Morgan fingerprint density at radius 3 is 2.38 bits per heavy atom. The largest absolute Gasteiger partial charge is 0.401 e. The van der Waals surface area contributed by atoms with Gasteiger partial charge < -0.3 is 4.90 Å². The van der Waals surface area contributed by atoms with Crippen molar-refractivity contribution in [3.63, 3.8) is 0 Å². The fourth-order valence-corrected chi connectivity index (χ4v) is 6.65. The van der Waals surface area contributed by atoms with E-state index >= 15 is 0 Å². The van der Waals surface area contributed by atoms with E-state index in [0.29, 0.717) is 37.8 Å². The van der Waals surface area contributed by atoms with E-state index < -0.39 is 12.7 Å². The number of carbonyl (C=O) groups excluding carboxylic acids is 2. The molecule has 0 saturated heterocycles. The highest BCUT2D eigenvalue weighted by Crippen LogP contribution is 2.38. The Morgan fingerprint density at radius 2 is 1.77 bits per heavy atom. The molecule has 0 unspecified atom stereocenters. The van der Waals surface area contributed by atoms with Gasteiger partial charge in [0.25, 0.3) is 0 Å². The van der Waals surface area contributed by atoms with Crippen LogP contribution in [0.4, 0.5) is 18.9 Å². The lowest BCUT2D eigenvalue weighted by Crippen LogP contribution is -2.45. The smallest absolute Gasteiger partial charge is 0.368 e. The summed E-state index contributed by atoms with van der Waals surface area (Å²) in [6.45, 7) is 7.75. The highest BCUT2D eigenvalue weighted by atomic mass is 19.4. The van der Waals surface area contributed by atoms with Crippen LogP contribution in [-0.4, -0.2) is 64.6 Å². The molecule has 218 valence electrons. The number of carbonyl (C=O) groups is 2. The monoisotopic (exact) mass is 558 g/mol. The third kappa shape index (κ3) is 6.35. The Balaban J connectivity index is 1.60. The highest BCUT2D eigenvalue weighted by molar-refractivity contribution is 6.07. The molecule has 4 rings (SSSR count). The number of rotatable bonds is 9. The normalized spacial score (nSPS) is 20.4. The van der Waals surface area contributed by atoms with Crippen molar-refractivity contribution < 1.29 is 22.8 Å². The van der Waals surface area contributed by atoms with Crippen molar-refractivity contribution in [1.29, 1.82) is 0 Å². The molecule has 0 amide bonds. The number of nitrogens with zero attached hydrogens (tertiary/aromatic N) is 4. The molecule has 0 aliphatic heterocycles. The zero-order valence-corrected chi connectivity index (χ0v) is 24.5. The summed E-state index contributed by atoms with van der Waals surface area (Å²) in [6.07, 6.45) is 3.68. The number of halogens is 3. The number of allylic oxidation sites excluding steroid dienone is 4. The van der Waals surface area contributed by atoms with Crippen LogP contribution in [0.5, 0.6) is 0 Å². The number of alkyl halides is 3. The molecule has 1 fully saturated rings.